The van der Waals surface area contributed by atoms with E-state index in [1.165, 1.54) is 11.1 Å². The maximum atomic E-state index is 15.2. The molecular formula is C30H30FN5O. The highest BCUT2D eigenvalue weighted by atomic mass is 19.1. The fourth-order valence-electron chi connectivity index (χ4n) is 6.02. The number of hydrogen-bond acceptors (Lipinski definition) is 4. The fraction of sp³-hybridized carbons (Fsp3) is 0.367. The Morgan fingerprint density at radius 1 is 0.973 bits per heavy atom. The molecule has 2 fully saturated rings. The van der Waals surface area contributed by atoms with Crippen molar-refractivity contribution < 1.29 is 9.18 Å². The van der Waals surface area contributed by atoms with Gasteiger partial charge in [0.05, 0.1) is 22.9 Å². The molecule has 0 bridgehead atoms. The Morgan fingerprint density at radius 2 is 1.78 bits per heavy atom. The molecular weight excluding hydrogens is 465 g/mol. The molecule has 0 spiro atoms. The van der Waals surface area contributed by atoms with Crippen molar-refractivity contribution in [2.45, 2.75) is 51.0 Å². The molecule has 0 N–H and O–H groups in total. The van der Waals surface area contributed by atoms with Crippen LogP contribution in [0.4, 0.5) is 10.2 Å². The van der Waals surface area contributed by atoms with Gasteiger partial charge in [0.2, 0.25) is 5.95 Å². The number of benzene rings is 1. The van der Waals surface area contributed by atoms with Crippen LogP contribution in [0.2, 0.25) is 0 Å². The Kier molecular flexibility index (Phi) is 5.27. The highest BCUT2D eigenvalue weighted by molar-refractivity contribution is 5.95. The van der Waals surface area contributed by atoms with Crippen LogP contribution in [-0.4, -0.2) is 44.8 Å². The van der Waals surface area contributed by atoms with Gasteiger partial charge in [0.15, 0.2) is 0 Å². The maximum Gasteiger partial charge on any atom is 0.255 e. The molecule has 1 saturated heterocycles. The summed E-state index contributed by atoms with van der Waals surface area (Å²) in [6, 6.07) is 14.1. The molecule has 6 nitrogen and oxygen atoms in total. The third-order valence-corrected chi connectivity index (χ3v) is 8.24. The van der Waals surface area contributed by atoms with Crippen LogP contribution in [0.5, 0.6) is 0 Å². The average Bonchev–Trinajstić information content (AvgIpc) is 3.43. The van der Waals surface area contributed by atoms with Crippen molar-refractivity contribution in [3.63, 3.8) is 0 Å². The normalized spacial score (nSPS) is 19.5. The van der Waals surface area contributed by atoms with Gasteiger partial charge < -0.3 is 14.2 Å². The monoisotopic (exact) mass is 495 g/mol. The summed E-state index contributed by atoms with van der Waals surface area (Å²) in [5.41, 5.74) is 6.01. The lowest BCUT2D eigenvalue weighted by Gasteiger charge is -2.35. The zero-order valence-corrected chi connectivity index (χ0v) is 21.0. The summed E-state index contributed by atoms with van der Waals surface area (Å²) in [5, 5.41) is 0. The molecule has 5 heterocycles. The summed E-state index contributed by atoms with van der Waals surface area (Å²) in [7, 11) is 0. The van der Waals surface area contributed by atoms with Gasteiger partial charge in [0.1, 0.15) is 11.5 Å². The van der Waals surface area contributed by atoms with Crippen LogP contribution in [0.25, 0.3) is 16.9 Å². The predicted molar refractivity (Wildman–Crippen MR) is 141 cm³/mol. The summed E-state index contributed by atoms with van der Waals surface area (Å²) in [4.78, 5) is 27.0. The van der Waals surface area contributed by atoms with Gasteiger partial charge in [0.25, 0.3) is 5.91 Å². The van der Waals surface area contributed by atoms with E-state index in [9.17, 15) is 4.79 Å². The number of carbonyl (C=O) groups is 1. The quantitative estimate of drug-likeness (QED) is 0.337. The van der Waals surface area contributed by atoms with Gasteiger partial charge in [-0.2, -0.15) is 4.39 Å². The molecule has 1 amide bonds. The molecule has 3 aromatic heterocycles. The largest absolute Gasteiger partial charge is 0.357 e. The third-order valence-electron chi connectivity index (χ3n) is 8.24. The lowest BCUT2D eigenvalue weighted by Crippen LogP contribution is -2.39. The number of fused-ring (bicyclic) bond motifs is 2. The average molecular weight is 496 g/mol. The van der Waals surface area contributed by atoms with Crippen molar-refractivity contribution in [1.29, 1.82) is 0 Å². The smallest absolute Gasteiger partial charge is 0.255 e. The first-order valence-corrected chi connectivity index (χ1v) is 13.4. The van der Waals surface area contributed by atoms with Gasteiger partial charge in [-0.15, -0.1) is 0 Å². The molecule has 1 aromatic carbocycles. The standard InChI is InChI=1S/C30H30FN5O/c1-19-23-7-3-2-6-20(23)12-15-36(19)30(37)22-16-25(21-8-9-21)29-32-26(18-35(29)17-22)24-10-11-27(33-28(24)31)34-13-4-5-14-34/h2-3,6-7,10-11,16-19,21H,4-5,8-9,12-15H2,1H3. The second kappa shape index (κ2) is 8.68. The minimum atomic E-state index is -0.502. The molecule has 1 saturated carbocycles. The first-order chi connectivity index (χ1) is 18.1. The summed E-state index contributed by atoms with van der Waals surface area (Å²) >= 11 is 0. The molecule has 0 radical (unpaired) electrons. The van der Waals surface area contributed by atoms with Crippen molar-refractivity contribution in [3.8, 4) is 11.3 Å². The van der Waals surface area contributed by atoms with E-state index in [1.807, 2.05) is 39.9 Å². The second-order valence-electron chi connectivity index (χ2n) is 10.6. The lowest BCUT2D eigenvalue weighted by atomic mass is 9.93. The van der Waals surface area contributed by atoms with Crippen molar-refractivity contribution >= 4 is 17.4 Å². The maximum absolute atomic E-state index is 15.2. The Bertz CT molecular complexity index is 1520. The van der Waals surface area contributed by atoms with E-state index in [2.05, 4.69) is 35.0 Å². The number of nitrogens with zero attached hydrogens (tertiary/aromatic N) is 5. The van der Waals surface area contributed by atoms with Crippen LogP contribution in [0, 0.1) is 5.95 Å². The minimum absolute atomic E-state index is 0.0187. The molecule has 7 rings (SSSR count). The van der Waals surface area contributed by atoms with Crippen molar-refractivity contribution in [2.24, 2.45) is 0 Å². The Morgan fingerprint density at radius 3 is 2.57 bits per heavy atom. The first kappa shape index (κ1) is 22.5. The molecule has 1 aliphatic carbocycles. The van der Waals surface area contributed by atoms with Crippen LogP contribution in [0.1, 0.15) is 71.6 Å². The Hall–Kier alpha value is -3.74. The van der Waals surface area contributed by atoms with Gasteiger partial charge in [-0.05, 0) is 79.8 Å². The van der Waals surface area contributed by atoms with Gasteiger partial charge in [-0.1, -0.05) is 24.3 Å². The number of hydrogen-bond donors (Lipinski definition) is 0. The molecule has 1 unspecified atom stereocenters. The topological polar surface area (TPSA) is 53.7 Å². The second-order valence-corrected chi connectivity index (χ2v) is 10.6. The van der Waals surface area contributed by atoms with Crippen LogP contribution in [-0.2, 0) is 6.42 Å². The van der Waals surface area contributed by atoms with E-state index >= 15 is 4.39 Å². The number of aromatic nitrogens is 3. The highest BCUT2D eigenvalue weighted by Gasteiger charge is 2.32. The number of amides is 1. The third kappa shape index (κ3) is 3.88. The summed E-state index contributed by atoms with van der Waals surface area (Å²) in [5.74, 6) is 0.610. The zero-order chi connectivity index (χ0) is 25.1. The minimum Gasteiger partial charge on any atom is -0.357 e. The van der Waals surface area contributed by atoms with E-state index in [-0.39, 0.29) is 11.9 Å². The van der Waals surface area contributed by atoms with Crippen LogP contribution >= 0.6 is 0 Å². The predicted octanol–water partition coefficient (Wildman–Crippen LogP) is 5.77. The number of carbonyl (C=O) groups excluding carboxylic acids is 1. The van der Waals surface area contributed by atoms with Crippen molar-refractivity contribution in [2.75, 3.05) is 24.5 Å². The molecule has 1 atom stereocenters. The highest BCUT2D eigenvalue weighted by Crippen LogP contribution is 2.43. The van der Waals surface area contributed by atoms with Crippen LogP contribution in [0.15, 0.2) is 54.9 Å². The molecule has 3 aliphatic rings. The summed E-state index contributed by atoms with van der Waals surface area (Å²) < 4.78 is 17.1. The van der Waals surface area contributed by atoms with E-state index in [0.717, 1.165) is 56.4 Å². The van der Waals surface area contributed by atoms with E-state index in [0.29, 0.717) is 35.1 Å². The Labute approximate surface area is 215 Å². The molecule has 2 aliphatic heterocycles. The summed E-state index contributed by atoms with van der Waals surface area (Å²) in [6.45, 7) is 4.64. The molecule has 7 heteroatoms. The van der Waals surface area contributed by atoms with Crippen LogP contribution in [0.3, 0.4) is 0 Å². The van der Waals surface area contributed by atoms with Crippen LogP contribution < -0.4 is 4.90 Å². The summed E-state index contributed by atoms with van der Waals surface area (Å²) in [6.07, 6.45) is 8.96. The number of anilines is 1. The Balaban J connectivity index is 1.25. The molecule has 37 heavy (non-hydrogen) atoms. The molecule has 4 aromatic rings. The van der Waals surface area contributed by atoms with E-state index in [1.54, 1.807) is 6.07 Å². The van der Waals surface area contributed by atoms with Gasteiger partial charge >= 0.3 is 0 Å². The van der Waals surface area contributed by atoms with Gasteiger partial charge in [-0.3, -0.25) is 4.79 Å². The SMILES string of the molecule is CC1c2ccccc2CCN1C(=O)c1cc(C2CC2)c2nc(-c3ccc(N4CCCC4)nc3F)cn2c1. The number of halogens is 1. The first-order valence-electron chi connectivity index (χ1n) is 13.4. The molecule has 188 valence electrons. The van der Waals surface area contributed by atoms with Gasteiger partial charge in [-0.25, -0.2) is 9.97 Å². The number of pyridine rings is 2. The number of rotatable bonds is 4. The van der Waals surface area contributed by atoms with Crippen molar-refractivity contribution in [1.82, 2.24) is 19.3 Å². The van der Waals surface area contributed by atoms with Gasteiger partial charge in [0, 0.05) is 32.0 Å². The zero-order valence-electron chi connectivity index (χ0n) is 21.0. The van der Waals surface area contributed by atoms with E-state index in [4.69, 9.17) is 4.98 Å². The number of imidazole rings is 1. The van der Waals surface area contributed by atoms with Crippen molar-refractivity contribution in [3.05, 3.63) is 83.1 Å². The van der Waals surface area contributed by atoms with E-state index < -0.39 is 5.95 Å². The lowest BCUT2D eigenvalue weighted by molar-refractivity contribution is 0.0677. The fourth-order valence-corrected chi connectivity index (χ4v) is 6.02.